The number of ether oxygens (including phenoxy) is 2. The van der Waals surface area contributed by atoms with Crippen LogP contribution in [0.2, 0.25) is 5.02 Å². The predicted molar refractivity (Wildman–Crippen MR) is 160 cm³/mol. The largest absolute Gasteiger partial charge is 0.490 e. The molecule has 1 amide bonds. The molecule has 0 aliphatic carbocycles. The number of para-hydroxylation sites is 1. The lowest BCUT2D eigenvalue weighted by molar-refractivity contribution is -0.126. The number of amides is 1. The van der Waals surface area contributed by atoms with Gasteiger partial charge in [-0.05, 0) is 59.2 Å². The summed E-state index contributed by atoms with van der Waals surface area (Å²) in [6, 6.07) is 29.9. The van der Waals surface area contributed by atoms with Crippen molar-refractivity contribution in [2.24, 2.45) is 0 Å². The number of nitriles is 1. The normalized spacial score (nSPS) is 13.7. The molecule has 4 aromatic rings. The number of hydrogen-bond donors (Lipinski definition) is 0. The highest BCUT2D eigenvalue weighted by atomic mass is 35.5. The number of fused-ring (bicyclic) bond motifs is 1. The van der Waals surface area contributed by atoms with Crippen LogP contribution in [-0.4, -0.2) is 43.6 Å². The van der Waals surface area contributed by atoms with E-state index < -0.39 is 0 Å². The number of hydrogen-bond acceptors (Lipinski definition) is 5. The average Bonchev–Trinajstić information content (AvgIpc) is 3.00. The first-order valence-corrected chi connectivity index (χ1v) is 13.7. The molecule has 6 nitrogen and oxygen atoms in total. The van der Waals surface area contributed by atoms with E-state index >= 15 is 0 Å². The number of nitrogens with zero attached hydrogens (tertiary/aromatic N) is 3. The van der Waals surface area contributed by atoms with Crippen LogP contribution in [0.4, 0.5) is 5.69 Å². The number of piperazine rings is 1. The molecule has 7 heteroatoms. The van der Waals surface area contributed by atoms with Gasteiger partial charge in [0.1, 0.15) is 18.2 Å². The quantitative estimate of drug-likeness (QED) is 0.179. The molecule has 202 valence electrons. The van der Waals surface area contributed by atoms with E-state index in [0.29, 0.717) is 61.5 Å². The molecule has 0 bridgehead atoms. The van der Waals surface area contributed by atoms with Crippen molar-refractivity contribution in [3.8, 4) is 17.6 Å². The third kappa shape index (κ3) is 6.06. The fraction of sp³-hybridized carbons (Fsp3) is 0.212. The summed E-state index contributed by atoms with van der Waals surface area (Å²) in [5, 5.41) is 12.4. The second kappa shape index (κ2) is 12.6. The Kier molecular flexibility index (Phi) is 8.53. The Bertz CT molecular complexity index is 1570. The van der Waals surface area contributed by atoms with Crippen molar-refractivity contribution in [1.82, 2.24) is 4.90 Å². The lowest BCUT2D eigenvalue weighted by Crippen LogP contribution is -2.49. The molecule has 0 atom stereocenters. The first-order chi connectivity index (χ1) is 19.6. The first kappa shape index (κ1) is 27.1. The van der Waals surface area contributed by atoms with Gasteiger partial charge in [-0.2, -0.15) is 5.26 Å². The summed E-state index contributed by atoms with van der Waals surface area (Å²) in [7, 11) is 0. The Hall–Kier alpha value is -4.47. The molecular weight excluding hydrogens is 522 g/mol. The van der Waals surface area contributed by atoms with Gasteiger partial charge in [0.05, 0.1) is 11.6 Å². The zero-order valence-corrected chi connectivity index (χ0v) is 23.1. The number of rotatable bonds is 8. The minimum absolute atomic E-state index is 0.0519. The minimum atomic E-state index is -0.291. The van der Waals surface area contributed by atoms with E-state index in [0.717, 1.165) is 22.0 Å². The number of benzene rings is 4. The van der Waals surface area contributed by atoms with Crippen molar-refractivity contribution >= 4 is 40.0 Å². The van der Waals surface area contributed by atoms with Crippen LogP contribution in [0, 0.1) is 11.3 Å². The van der Waals surface area contributed by atoms with Crippen molar-refractivity contribution in [3.63, 3.8) is 0 Å². The van der Waals surface area contributed by atoms with Gasteiger partial charge in [0.15, 0.2) is 11.5 Å². The zero-order valence-electron chi connectivity index (χ0n) is 22.3. The van der Waals surface area contributed by atoms with Crippen molar-refractivity contribution in [2.75, 3.05) is 37.7 Å². The molecular formula is C33H30ClN3O3. The van der Waals surface area contributed by atoms with E-state index in [1.54, 1.807) is 23.1 Å². The maximum absolute atomic E-state index is 13.2. The van der Waals surface area contributed by atoms with Crippen LogP contribution in [0.5, 0.6) is 11.5 Å². The zero-order chi connectivity index (χ0) is 27.9. The van der Waals surface area contributed by atoms with Gasteiger partial charge < -0.3 is 19.3 Å². The molecule has 5 rings (SSSR count). The summed E-state index contributed by atoms with van der Waals surface area (Å²) in [4.78, 5) is 17.2. The smallest absolute Gasteiger partial charge is 0.264 e. The highest BCUT2D eigenvalue weighted by Gasteiger charge is 2.24. The maximum Gasteiger partial charge on any atom is 0.264 e. The summed E-state index contributed by atoms with van der Waals surface area (Å²) in [5.74, 6) is 0.596. The van der Waals surface area contributed by atoms with Gasteiger partial charge in [-0.15, -0.1) is 0 Å². The number of carbonyl (C=O) groups excluding carboxylic acids is 1. The van der Waals surface area contributed by atoms with E-state index in [1.165, 1.54) is 0 Å². The van der Waals surface area contributed by atoms with Crippen LogP contribution < -0.4 is 14.4 Å². The molecule has 1 heterocycles. The molecule has 1 saturated heterocycles. The fourth-order valence-corrected chi connectivity index (χ4v) is 5.20. The summed E-state index contributed by atoms with van der Waals surface area (Å²) in [6.07, 6.45) is 1.56. The molecule has 0 radical (unpaired) electrons. The summed E-state index contributed by atoms with van der Waals surface area (Å²) >= 11 is 6.67. The second-order valence-electron chi connectivity index (χ2n) is 9.47. The lowest BCUT2D eigenvalue weighted by Gasteiger charge is -2.36. The number of carbonyl (C=O) groups is 1. The van der Waals surface area contributed by atoms with Gasteiger partial charge in [0, 0.05) is 31.9 Å². The van der Waals surface area contributed by atoms with Gasteiger partial charge in [-0.1, -0.05) is 72.3 Å². The van der Waals surface area contributed by atoms with Gasteiger partial charge in [0.2, 0.25) is 0 Å². The van der Waals surface area contributed by atoms with Gasteiger partial charge in [-0.25, -0.2) is 0 Å². The SMILES string of the molecule is CCOc1cc(/C=C(/C#N)C(=O)N2CCN(c3ccccc3)CC2)cc(Cl)c1OCc1cccc2ccccc12. The van der Waals surface area contributed by atoms with Gasteiger partial charge in [0.25, 0.3) is 5.91 Å². The van der Waals surface area contributed by atoms with Crippen LogP contribution in [-0.2, 0) is 11.4 Å². The molecule has 1 fully saturated rings. The average molecular weight is 552 g/mol. The highest BCUT2D eigenvalue weighted by molar-refractivity contribution is 6.32. The molecule has 4 aromatic carbocycles. The number of halogens is 1. The van der Waals surface area contributed by atoms with Crippen LogP contribution in [0.3, 0.4) is 0 Å². The summed E-state index contributed by atoms with van der Waals surface area (Å²) in [6.45, 7) is 5.09. The van der Waals surface area contributed by atoms with Crippen LogP contribution in [0.25, 0.3) is 16.8 Å². The van der Waals surface area contributed by atoms with E-state index in [9.17, 15) is 10.1 Å². The Balaban J connectivity index is 1.32. The summed E-state index contributed by atoms with van der Waals surface area (Å²) < 4.78 is 12.0. The van der Waals surface area contributed by atoms with Crippen LogP contribution >= 0.6 is 11.6 Å². The second-order valence-corrected chi connectivity index (χ2v) is 9.88. The Morgan fingerprint density at radius 1 is 0.950 bits per heavy atom. The molecule has 0 spiro atoms. The van der Waals surface area contributed by atoms with Crippen LogP contribution in [0.15, 0.2) is 90.5 Å². The molecule has 40 heavy (non-hydrogen) atoms. The Labute approximate surface area is 239 Å². The molecule has 0 saturated carbocycles. The van der Waals surface area contributed by atoms with Crippen molar-refractivity contribution < 1.29 is 14.3 Å². The molecule has 0 N–H and O–H groups in total. The van der Waals surface area contributed by atoms with E-state index in [4.69, 9.17) is 21.1 Å². The van der Waals surface area contributed by atoms with E-state index in [2.05, 4.69) is 41.3 Å². The van der Waals surface area contributed by atoms with Crippen molar-refractivity contribution in [1.29, 1.82) is 5.26 Å². The van der Waals surface area contributed by atoms with Crippen molar-refractivity contribution in [2.45, 2.75) is 13.5 Å². The number of anilines is 1. The summed E-state index contributed by atoms with van der Waals surface area (Å²) in [5.41, 5.74) is 2.81. The van der Waals surface area contributed by atoms with E-state index in [1.807, 2.05) is 49.4 Å². The first-order valence-electron chi connectivity index (χ1n) is 13.3. The third-order valence-corrected chi connectivity index (χ3v) is 7.21. The lowest BCUT2D eigenvalue weighted by atomic mass is 10.1. The minimum Gasteiger partial charge on any atom is -0.490 e. The van der Waals surface area contributed by atoms with Gasteiger partial charge >= 0.3 is 0 Å². The molecule has 1 aliphatic heterocycles. The topological polar surface area (TPSA) is 65.8 Å². The Morgan fingerprint density at radius 3 is 2.42 bits per heavy atom. The fourth-order valence-electron chi connectivity index (χ4n) is 4.93. The Morgan fingerprint density at radius 2 is 1.68 bits per heavy atom. The van der Waals surface area contributed by atoms with E-state index in [-0.39, 0.29) is 11.5 Å². The molecule has 0 aromatic heterocycles. The molecule has 1 aliphatic rings. The monoisotopic (exact) mass is 551 g/mol. The standard InChI is InChI=1S/C33H30ClN3O3/c1-2-39-31-21-24(20-30(34)32(31)40-23-26-11-8-10-25-9-6-7-14-29(25)26)19-27(22-35)33(38)37-17-15-36(16-18-37)28-12-4-3-5-13-28/h3-14,19-21H,2,15-18,23H2,1H3/b27-19-. The third-order valence-electron chi connectivity index (χ3n) is 6.93. The molecule has 0 unspecified atom stereocenters. The van der Waals surface area contributed by atoms with Crippen molar-refractivity contribution in [3.05, 3.63) is 107 Å². The van der Waals surface area contributed by atoms with Gasteiger partial charge in [-0.3, -0.25) is 4.79 Å². The van der Waals surface area contributed by atoms with Crippen LogP contribution in [0.1, 0.15) is 18.1 Å². The highest BCUT2D eigenvalue weighted by Crippen LogP contribution is 2.38. The maximum atomic E-state index is 13.2. The predicted octanol–water partition coefficient (Wildman–Crippen LogP) is 6.73.